The summed E-state index contributed by atoms with van der Waals surface area (Å²) in [6.07, 6.45) is 91.7. The first-order valence-electron chi connectivity index (χ1n) is 35.8. The molecule has 0 fully saturated rings. The van der Waals surface area contributed by atoms with Gasteiger partial charge in [0.15, 0.2) is 0 Å². The molecule has 0 aromatic rings. The summed E-state index contributed by atoms with van der Waals surface area (Å²) >= 11 is 0. The van der Waals surface area contributed by atoms with Gasteiger partial charge in [0, 0.05) is 12.8 Å². The van der Waals surface area contributed by atoms with Crippen LogP contribution in [0.15, 0.2) is 122 Å². The van der Waals surface area contributed by atoms with E-state index in [4.69, 9.17) is 13.8 Å². The van der Waals surface area contributed by atoms with E-state index >= 15 is 0 Å². The molecule has 3 atom stereocenters. The van der Waals surface area contributed by atoms with Gasteiger partial charge in [-0.1, -0.05) is 290 Å². The van der Waals surface area contributed by atoms with E-state index in [1.165, 1.54) is 141 Å². The third kappa shape index (κ3) is 66.7. The highest BCUT2D eigenvalue weighted by molar-refractivity contribution is 7.45. The Kier molecular flexibility index (Phi) is 62.7. The number of nitrogens with zero attached hydrogens (tertiary/aromatic N) is 1. The fourth-order valence-electron chi connectivity index (χ4n) is 9.89. The molecular weight excluding hydrogens is 1100 g/mol. The van der Waals surface area contributed by atoms with Gasteiger partial charge in [-0.15, -0.1) is 0 Å². The number of hydrogen-bond donors (Lipinski definition) is 1. The zero-order valence-electron chi connectivity index (χ0n) is 57.2. The highest BCUT2D eigenvalue weighted by Crippen LogP contribution is 2.38. The largest absolute Gasteiger partial charge is 0.756 e. The van der Waals surface area contributed by atoms with Gasteiger partial charge in [0.2, 0.25) is 5.91 Å². The lowest BCUT2D eigenvalue weighted by molar-refractivity contribution is -0.870. The molecule has 0 rings (SSSR count). The Hall–Kier alpha value is -3.59. The third-order valence-corrected chi connectivity index (χ3v) is 16.3. The Labute approximate surface area is 537 Å². The van der Waals surface area contributed by atoms with Gasteiger partial charge in [0.1, 0.15) is 19.3 Å². The first-order chi connectivity index (χ1) is 42.4. The molecule has 0 aromatic heterocycles. The summed E-state index contributed by atoms with van der Waals surface area (Å²) in [5, 5.41) is 3.04. The molecule has 0 aliphatic rings. The molecule has 0 aliphatic carbocycles. The summed E-state index contributed by atoms with van der Waals surface area (Å²) in [5.41, 5.74) is 0. The summed E-state index contributed by atoms with van der Waals surface area (Å²) in [7, 11) is 1.16. The quantitative estimate of drug-likeness (QED) is 0.0212. The van der Waals surface area contributed by atoms with Gasteiger partial charge < -0.3 is 28.5 Å². The second-order valence-corrected chi connectivity index (χ2v) is 26.4. The lowest BCUT2D eigenvalue weighted by atomic mass is 10.0. The first kappa shape index (κ1) is 83.4. The van der Waals surface area contributed by atoms with Crippen molar-refractivity contribution in [3.05, 3.63) is 122 Å². The number of hydrogen-bond acceptors (Lipinski definition) is 7. The third-order valence-electron chi connectivity index (χ3n) is 15.4. The molecule has 87 heavy (non-hydrogen) atoms. The highest BCUT2D eigenvalue weighted by atomic mass is 31.2. The number of rotatable bonds is 64. The highest BCUT2D eigenvalue weighted by Gasteiger charge is 2.27. The molecule has 1 amide bonds. The predicted octanol–water partition coefficient (Wildman–Crippen LogP) is 22.4. The van der Waals surface area contributed by atoms with Crippen molar-refractivity contribution in [3.8, 4) is 0 Å². The molecule has 0 spiro atoms. The van der Waals surface area contributed by atoms with Gasteiger partial charge >= 0.3 is 5.97 Å². The molecule has 500 valence electrons. The zero-order chi connectivity index (χ0) is 63.5. The molecule has 1 N–H and O–H groups in total. The van der Waals surface area contributed by atoms with Crippen LogP contribution >= 0.6 is 7.82 Å². The number of unbranched alkanes of at least 4 members (excludes halogenated alkanes) is 30. The minimum atomic E-state index is -4.72. The van der Waals surface area contributed by atoms with Gasteiger partial charge in [-0.25, -0.2) is 0 Å². The van der Waals surface area contributed by atoms with Crippen LogP contribution in [0.4, 0.5) is 0 Å². The van der Waals surface area contributed by atoms with E-state index in [1.807, 2.05) is 33.3 Å². The van der Waals surface area contributed by atoms with E-state index in [0.29, 0.717) is 23.9 Å². The maximum atomic E-state index is 13.6. The maximum Gasteiger partial charge on any atom is 0.306 e. The lowest BCUT2D eigenvalue weighted by Gasteiger charge is -2.30. The zero-order valence-corrected chi connectivity index (χ0v) is 58.1. The smallest absolute Gasteiger partial charge is 0.306 e. The van der Waals surface area contributed by atoms with Gasteiger partial charge in [0.05, 0.1) is 33.8 Å². The average molecular weight is 1230 g/mol. The normalized spacial score (nSPS) is 14.2. The second-order valence-electron chi connectivity index (χ2n) is 25.0. The van der Waals surface area contributed by atoms with Crippen LogP contribution in [0, 0.1) is 0 Å². The Balaban J connectivity index is 5.17. The number of ether oxygens (including phenoxy) is 1. The number of allylic oxidation sites excluding steroid dienone is 19. The van der Waals surface area contributed by atoms with Crippen LogP contribution in [0.1, 0.15) is 303 Å². The Morgan fingerprint density at radius 1 is 0.414 bits per heavy atom. The molecule has 0 saturated carbocycles. The lowest BCUT2D eigenvalue weighted by Crippen LogP contribution is -2.47. The van der Waals surface area contributed by atoms with Gasteiger partial charge in [-0.3, -0.25) is 14.2 Å². The fraction of sp³-hybridized carbons (Fsp3) is 0.714. The molecular formula is C77H135N2O7P. The van der Waals surface area contributed by atoms with Crippen molar-refractivity contribution in [1.82, 2.24) is 5.32 Å². The molecule has 0 radical (unpaired) electrons. The molecule has 3 unspecified atom stereocenters. The summed E-state index contributed by atoms with van der Waals surface area (Å²) in [6, 6.07) is -0.910. The van der Waals surface area contributed by atoms with E-state index in [-0.39, 0.29) is 24.9 Å². The predicted molar refractivity (Wildman–Crippen MR) is 376 cm³/mol. The van der Waals surface area contributed by atoms with Crippen molar-refractivity contribution in [2.24, 2.45) is 0 Å². The van der Waals surface area contributed by atoms with Crippen molar-refractivity contribution in [2.75, 3.05) is 40.9 Å². The Bertz CT molecular complexity index is 1900. The van der Waals surface area contributed by atoms with Crippen LogP contribution in [0.25, 0.3) is 0 Å². The minimum absolute atomic E-state index is 0.0326. The van der Waals surface area contributed by atoms with Crippen molar-refractivity contribution < 1.29 is 37.3 Å². The van der Waals surface area contributed by atoms with Crippen molar-refractivity contribution in [2.45, 2.75) is 315 Å². The standard InChI is InChI=1S/C77H135N2O7P/c1-7-10-13-16-19-22-25-28-30-32-34-36-38-39-41-42-44-46-48-51-54-57-60-63-66-69-76(80)78-74(73-85-87(82,83)84-72-71-79(4,5)6)75(68-65-62-59-56-53-50-27-24-21-18-15-12-9-3)86-77(81)70-67-64-61-58-55-52-49-47-45-43-40-37-35-33-31-29-26-23-20-17-14-11-8-2/h11,14,19-20,22-23,28-31,34-37,43,45,49,52,65,68,74-75H,7-10,12-13,15-18,21,24-27,32-33,38-42,44,46-48,50-51,53-64,66-67,69-73H2,1-6H3,(H-,78,80,82,83)/b14-11-,22-19-,23-20-,30-28-,31-29-,36-34-,37-35-,45-43-,52-49-,68-65+. The number of amides is 1. The van der Waals surface area contributed by atoms with Crippen LogP contribution in [0.5, 0.6) is 0 Å². The number of likely N-dealkylation sites (N-methyl/N-ethyl adjacent to an activating group) is 1. The number of carbonyl (C=O) groups is 2. The van der Waals surface area contributed by atoms with E-state index in [2.05, 4.69) is 135 Å². The summed E-state index contributed by atoms with van der Waals surface area (Å²) in [5.74, 6) is -0.572. The van der Waals surface area contributed by atoms with Crippen LogP contribution in [-0.2, 0) is 27.9 Å². The van der Waals surface area contributed by atoms with Gasteiger partial charge in [-0.2, -0.15) is 0 Å². The summed E-state index contributed by atoms with van der Waals surface area (Å²) < 4.78 is 30.4. The number of phosphoric ester groups is 1. The number of quaternary nitrogens is 1. The van der Waals surface area contributed by atoms with E-state index < -0.39 is 26.6 Å². The van der Waals surface area contributed by atoms with Crippen molar-refractivity contribution in [3.63, 3.8) is 0 Å². The second kappa shape index (κ2) is 65.4. The van der Waals surface area contributed by atoms with E-state index in [1.54, 1.807) is 0 Å². The van der Waals surface area contributed by atoms with E-state index in [0.717, 1.165) is 122 Å². The van der Waals surface area contributed by atoms with Gasteiger partial charge in [-0.05, 0) is 122 Å². The SMILES string of the molecule is CC/C=C\C/C=C\C/C=C\C/C=C\C/C=C\C/C=C\CCCCCCC(=O)OC(/C=C/CCCCCCCCCCCCC)C(COP(=O)([O-])OCC[N+](C)(C)C)NC(=O)CCCCCCCCCCCCCC/C=C\C/C=C\C/C=C\CCCCC. The summed E-state index contributed by atoms with van der Waals surface area (Å²) in [4.78, 5) is 40.2. The van der Waals surface area contributed by atoms with Crippen LogP contribution in [0.2, 0.25) is 0 Å². The number of nitrogens with one attached hydrogen (secondary N) is 1. The van der Waals surface area contributed by atoms with Crippen LogP contribution < -0.4 is 10.2 Å². The van der Waals surface area contributed by atoms with Crippen molar-refractivity contribution in [1.29, 1.82) is 0 Å². The molecule has 0 heterocycles. The molecule has 0 aliphatic heterocycles. The van der Waals surface area contributed by atoms with Crippen LogP contribution in [0.3, 0.4) is 0 Å². The number of phosphoric acid groups is 1. The number of esters is 1. The van der Waals surface area contributed by atoms with Gasteiger partial charge in [0.25, 0.3) is 7.82 Å². The molecule has 9 nitrogen and oxygen atoms in total. The van der Waals surface area contributed by atoms with E-state index in [9.17, 15) is 19.0 Å². The summed E-state index contributed by atoms with van der Waals surface area (Å²) in [6.45, 7) is 6.70. The molecule has 10 heteroatoms. The van der Waals surface area contributed by atoms with Crippen LogP contribution in [-0.4, -0.2) is 69.4 Å². The maximum absolute atomic E-state index is 13.6. The monoisotopic (exact) mass is 1230 g/mol. The molecule has 0 aromatic carbocycles. The molecule has 0 bridgehead atoms. The average Bonchev–Trinajstić information content (AvgIpc) is 3.70. The first-order valence-corrected chi connectivity index (χ1v) is 37.3. The topological polar surface area (TPSA) is 114 Å². The number of carbonyl (C=O) groups excluding carboxylic acids is 2. The Morgan fingerprint density at radius 2 is 0.736 bits per heavy atom. The fourth-order valence-corrected chi connectivity index (χ4v) is 10.6. The minimum Gasteiger partial charge on any atom is -0.756 e. The Morgan fingerprint density at radius 3 is 1.13 bits per heavy atom. The molecule has 0 saturated heterocycles. The van der Waals surface area contributed by atoms with Crippen molar-refractivity contribution >= 4 is 19.7 Å².